The van der Waals surface area contributed by atoms with Crippen molar-refractivity contribution in [1.29, 1.82) is 0 Å². The first-order valence-corrected chi connectivity index (χ1v) is 7.39. The van der Waals surface area contributed by atoms with Crippen molar-refractivity contribution >= 4 is 24.8 Å². The molecule has 0 radical (unpaired) electrons. The average molecular weight is 331 g/mol. The second kappa shape index (κ2) is 5.21. The molecule has 12 nitrogen and oxygen atoms in total. The Morgan fingerprint density at radius 2 is 2.05 bits per heavy atom. The lowest BCUT2D eigenvalue weighted by Crippen LogP contribution is -2.34. The van der Waals surface area contributed by atoms with Crippen LogP contribution in [0.2, 0.25) is 0 Å². The Balaban J connectivity index is 1.94. The Morgan fingerprint density at radius 3 is 2.73 bits per heavy atom. The Kier molecular flexibility index (Phi) is 3.61. The highest BCUT2D eigenvalue weighted by Crippen LogP contribution is 2.38. The predicted molar refractivity (Wildman–Crippen MR) is 64.4 cm³/mol. The van der Waals surface area contributed by atoms with Crippen molar-refractivity contribution in [2.45, 2.75) is 24.7 Å². The van der Waals surface area contributed by atoms with Gasteiger partial charge < -0.3 is 39.6 Å². The zero-order valence-electron chi connectivity index (χ0n) is 10.7. The average Bonchev–Trinajstić information content (AvgIpc) is 2.95. The predicted octanol–water partition coefficient (Wildman–Crippen LogP) is -3.17. The first-order chi connectivity index (χ1) is 10.3. The van der Waals surface area contributed by atoms with Crippen LogP contribution in [0.3, 0.4) is 0 Å². The molecule has 3 rings (SSSR count). The maximum absolute atomic E-state index is 10.6. The smallest absolute Gasteiger partial charge is 0.193 e. The van der Waals surface area contributed by atoms with Gasteiger partial charge in [-0.3, -0.25) is 4.57 Å². The molecule has 0 amide bonds. The fourth-order valence-corrected chi connectivity index (χ4v) is 2.56. The maximum Gasteiger partial charge on any atom is 0.193 e. The summed E-state index contributed by atoms with van der Waals surface area (Å²) in [4.78, 5) is 32.8. The monoisotopic (exact) mass is 331 g/mol. The van der Waals surface area contributed by atoms with Gasteiger partial charge in [0.2, 0.25) is 0 Å². The molecule has 4 atom stereocenters. The molecule has 0 aromatic carbocycles. The van der Waals surface area contributed by atoms with E-state index in [0.29, 0.717) is 0 Å². The van der Waals surface area contributed by atoms with Gasteiger partial charge >= 0.3 is 0 Å². The number of phosphoric acid groups is 1. The molecule has 1 fully saturated rings. The van der Waals surface area contributed by atoms with Crippen molar-refractivity contribution < 1.29 is 33.8 Å². The van der Waals surface area contributed by atoms with Crippen LogP contribution in [0.25, 0.3) is 11.2 Å². The number of nitrogens with zero attached hydrogens (tertiary/aromatic N) is 4. The van der Waals surface area contributed by atoms with Crippen LogP contribution < -0.4 is 15.5 Å². The van der Waals surface area contributed by atoms with E-state index in [1.165, 1.54) is 10.9 Å². The highest BCUT2D eigenvalue weighted by Gasteiger charge is 2.45. The Labute approximate surface area is 122 Å². The second-order valence-electron chi connectivity index (χ2n) is 4.51. The van der Waals surface area contributed by atoms with Crippen LogP contribution in [0, 0.1) is 0 Å². The van der Waals surface area contributed by atoms with Gasteiger partial charge in [0.25, 0.3) is 0 Å². The van der Waals surface area contributed by atoms with Crippen molar-refractivity contribution in [3.8, 4) is 0 Å². The highest BCUT2D eigenvalue weighted by atomic mass is 31.2. The van der Waals surface area contributed by atoms with Gasteiger partial charge in [-0.2, -0.15) is 0 Å². The molecule has 13 heteroatoms. The summed E-state index contributed by atoms with van der Waals surface area (Å²) in [5.74, 6) is 0.0909. The lowest BCUT2D eigenvalue weighted by molar-refractivity contribution is -0.354. The summed E-state index contributed by atoms with van der Waals surface area (Å²) in [6, 6.07) is 0. The number of ether oxygens (including phenoxy) is 1. The van der Waals surface area contributed by atoms with E-state index >= 15 is 0 Å². The lowest BCUT2D eigenvalue weighted by atomic mass is 10.2. The number of aromatic nitrogens is 4. The Morgan fingerprint density at radius 1 is 1.32 bits per heavy atom. The minimum Gasteiger partial charge on any atom is -0.790 e. The lowest BCUT2D eigenvalue weighted by Gasteiger charge is -2.32. The van der Waals surface area contributed by atoms with Crippen molar-refractivity contribution in [1.82, 2.24) is 19.5 Å². The van der Waals surface area contributed by atoms with Gasteiger partial charge in [0.1, 0.15) is 24.1 Å². The molecule has 0 bridgehead atoms. The van der Waals surface area contributed by atoms with E-state index in [2.05, 4.69) is 19.5 Å². The molecule has 120 valence electrons. The normalized spacial score (nSPS) is 29.3. The van der Waals surface area contributed by atoms with Crippen LogP contribution in [0.5, 0.6) is 0 Å². The van der Waals surface area contributed by atoms with E-state index in [4.69, 9.17) is 10.5 Å². The number of imidazole rings is 1. The maximum atomic E-state index is 10.6. The summed E-state index contributed by atoms with van der Waals surface area (Å²) < 4.78 is 21.0. The summed E-state index contributed by atoms with van der Waals surface area (Å²) in [5.41, 5.74) is 6.04. The van der Waals surface area contributed by atoms with Crippen molar-refractivity contribution in [3.63, 3.8) is 0 Å². The van der Waals surface area contributed by atoms with Gasteiger partial charge in [0, 0.05) is 0 Å². The molecule has 1 aliphatic rings. The number of fused-ring (bicyclic) bond motifs is 1. The first-order valence-electron chi connectivity index (χ1n) is 5.93. The SMILES string of the molecule is Nc1ncnc2c1ncn2C1OC(OP(=O)([O-])[O-])C(O)C1O. The van der Waals surface area contributed by atoms with E-state index in [1.54, 1.807) is 0 Å². The molecule has 0 saturated carbocycles. The summed E-state index contributed by atoms with van der Waals surface area (Å²) in [6.45, 7) is 0. The number of hydrogen-bond acceptors (Lipinski definition) is 11. The Bertz CT molecular complexity index is 747. The van der Waals surface area contributed by atoms with Crippen LogP contribution in [0.4, 0.5) is 5.82 Å². The van der Waals surface area contributed by atoms with E-state index < -0.39 is 32.5 Å². The molecule has 22 heavy (non-hydrogen) atoms. The van der Waals surface area contributed by atoms with Gasteiger partial charge in [0.15, 0.2) is 24.0 Å². The quantitative estimate of drug-likeness (QED) is 0.480. The van der Waals surface area contributed by atoms with E-state index in [-0.39, 0.29) is 17.0 Å². The van der Waals surface area contributed by atoms with Crippen LogP contribution in [0.15, 0.2) is 12.7 Å². The third-order valence-electron chi connectivity index (χ3n) is 3.09. The molecule has 2 aromatic rings. The molecule has 2 aromatic heterocycles. The molecule has 0 aliphatic carbocycles. The van der Waals surface area contributed by atoms with E-state index in [9.17, 15) is 24.6 Å². The molecule has 4 unspecified atom stereocenters. The van der Waals surface area contributed by atoms with Crippen LogP contribution in [0.1, 0.15) is 6.23 Å². The van der Waals surface area contributed by atoms with E-state index in [1.807, 2.05) is 0 Å². The van der Waals surface area contributed by atoms with Gasteiger partial charge in [-0.1, -0.05) is 0 Å². The molecule has 3 heterocycles. The van der Waals surface area contributed by atoms with Gasteiger partial charge in [-0.25, -0.2) is 15.0 Å². The fraction of sp³-hybridized carbons (Fsp3) is 0.444. The zero-order valence-corrected chi connectivity index (χ0v) is 11.6. The minimum absolute atomic E-state index is 0.0909. The Hall–Kier alpha value is -1.66. The molecular formula is C9H10N5O7P-2. The molecule has 0 spiro atoms. The third-order valence-corrected chi connectivity index (χ3v) is 3.55. The first kappa shape index (κ1) is 15.2. The van der Waals surface area contributed by atoms with Crippen LogP contribution >= 0.6 is 7.82 Å². The summed E-state index contributed by atoms with van der Waals surface area (Å²) in [5, 5.41) is 19.7. The number of aliphatic hydroxyl groups is 2. The van der Waals surface area contributed by atoms with Gasteiger partial charge in [-0.15, -0.1) is 0 Å². The van der Waals surface area contributed by atoms with Gasteiger partial charge in [0.05, 0.1) is 14.2 Å². The number of anilines is 1. The number of nitrogen functional groups attached to an aromatic ring is 1. The van der Waals surface area contributed by atoms with Crippen LogP contribution in [-0.4, -0.2) is 48.2 Å². The fourth-order valence-electron chi connectivity index (χ4n) is 2.13. The third kappa shape index (κ3) is 2.57. The number of hydrogen-bond donors (Lipinski definition) is 3. The van der Waals surface area contributed by atoms with Crippen molar-refractivity contribution in [3.05, 3.63) is 12.7 Å². The summed E-state index contributed by atoms with van der Waals surface area (Å²) in [7, 11) is -5.40. The van der Waals surface area contributed by atoms with Gasteiger partial charge in [-0.05, 0) is 0 Å². The zero-order chi connectivity index (χ0) is 16.1. The molecule has 1 aliphatic heterocycles. The summed E-state index contributed by atoms with van der Waals surface area (Å²) >= 11 is 0. The second-order valence-corrected chi connectivity index (χ2v) is 5.62. The number of phosphoric ester groups is 1. The van der Waals surface area contributed by atoms with E-state index in [0.717, 1.165) is 6.33 Å². The topological polar surface area (TPSA) is 192 Å². The minimum atomic E-state index is -5.40. The van der Waals surface area contributed by atoms with Crippen LogP contribution in [-0.2, 0) is 13.8 Å². The van der Waals surface area contributed by atoms with Crippen molar-refractivity contribution in [2.75, 3.05) is 5.73 Å². The number of aliphatic hydroxyl groups excluding tert-OH is 2. The summed E-state index contributed by atoms with van der Waals surface area (Å²) in [6.07, 6.45) is -4.07. The van der Waals surface area contributed by atoms with Crippen molar-refractivity contribution in [2.24, 2.45) is 0 Å². The number of nitrogens with two attached hydrogens (primary N) is 1. The largest absolute Gasteiger partial charge is 0.790 e. The number of rotatable bonds is 3. The molecule has 1 saturated heterocycles. The highest BCUT2D eigenvalue weighted by molar-refractivity contribution is 7.43. The molecule has 4 N–H and O–H groups in total. The molecular weight excluding hydrogens is 321 g/mol. The standard InChI is InChI=1S/C9H12N5O7P/c10-6-3-7(12-1-11-6)14(2-13-3)8-4(15)5(16)9(20-8)21-22(17,18)19/h1-2,4-5,8-9,15-16H,(H2,10,11,12)(H2,17,18,19)/p-2.